The van der Waals surface area contributed by atoms with E-state index >= 15 is 0 Å². The van der Waals surface area contributed by atoms with Gasteiger partial charge in [0.25, 0.3) is 0 Å². The Morgan fingerprint density at radius 2 is 1.59 bits per heavy atom. The average molecular weight is 505 g/mol. The van der Waals surface area contributed by atoms with Gasteiger partial charge in [0.05, 0.1) is 5.92 Å². The Morgan fingerprint density at radius 1 is 0.919 bits per heavy atom. The Labute approximate surface area is 225 Å². The summed E-state index contributed by atoms with van der Waals surface area (Å²) in [6.07, 6.45) is 24.2. The van der Waals surface area contributed by atoms with E-state index in [1.165, 1.54) is 81.8 Å². The fraction of sp³-hybridized carbons (Fsp3) is 0.606. The van der Waals surface area contributed by atoms with Crippen LogP contribution in [0.25, 0.3) is 11.4 Å². The molecular formula is C33H48N2O2. The fourth-order valence-electron chi connectivity index (χ4n) is 5.03. The third-order valence-corrected chi connectivity index (χ3v) is 7.47. The van der Waals surface area contributed by atoms with Gasteiger partial charge in [0, 0.05) is 18.0 Å². The van der Waals surface area contributed by atoms with Gasteiger partial charge in [-0.15, -0.1) is 0 Å². The highest BCUT2D eigenvalue weighted by molar-refractivity contribution is 5.75. The molecule has 2 aromatic rings. The van der Waals surface area contributed by atoms with Crippen molar-refractivity contribution in [2.45, 2.75) is 117 Å². The molecule has 1 aliphatic carbocycles. The predicted molar refractivity (Wildman–Crippen MR) is 154 cm³/mol. The minimum atomic E-state index is -0.119. The SMILES string of the molecule is CCCCCCCCCCc1cnc(-c2ccc(OC(=O)C3CC=C(CCCC(C)C)CC3)cc2)nc1. The van der Waals surface area contributed by atoms with Crippen LogP contribution < -0.4 is 4.74 Å². The monoisotopic (exact) mass is 504 g/mol. The van der Waals surface area contributed by atoms with Crippen molar-refractivity contribution in [3.63, 3.8) is 0 Å². The molecule has 0 radical (unpaired) electrons. The third kappa shape index (κ3) is 10.8. The number of nitrogens with zero attached hydrogens (tertiary/aromatic N) is 2. The molecule has 1 aliphatic rings. The molecule has 0 amide bonds. The Balaban J connectivity index is 1.38. The Bertz CT molecular complexity index is 947. The number of hydrogen-bond donors (Lipinski definition) is 0. The van der Waals surface area contributed by atoms with Crippen molar-refractivity contribution in [2.24, 2.45) is 11.8 Å². The van der Waals surface area contributed by atoms with E-state index in [0.717, 1.165) is 37.2 Å². The van der Waals surface area contributed by atoms with Crippen LogP contribution in [0.3, 0.4) is 0 Å². The normalized spacial score (nSPS) is 15.6. The standard InChI is InChI=1S/C33H48N2O2/c1-4-5-6-7-8-9-10-11-14-28-24-34-32(35-25-28)29-20-22-31(23-21-29)37-33(36)30-18-16-27(17-19-30)15-12-13-26(2)3/h16,20-26,30H,4-15,17-19H2,1-3H3. The number of ether oxygens (including phenoxy) is 1. The van der Waals surface area contributed by atoms with E-state index in [1.54, 1.807) is 0 Å². The summed E-state index contributed by atoms with van der Waals surface area (Å²) >= 11 is 0. The van der Waals surface area contributed by atoms with Crippen LogP contribution in [0.15, 0.2) is 48.3 Å². The lowest BCUT2D eigenvalue weighted by molar-refractivity contribution is -0.139. The van der Waals surface area contributed by atoms with Gasteiger partial charge in [-0.2, -0.15) is 0 Å². The fourth-order valence-corrected chi connectivity index (χ4v) is 5.03. The van der Waals surface area contributed by atoms with Crippen LogP contribution in [0.5, 0.6) is 5.75 Å². The molecule has 37 heavy (non-hydrogen) atoms. The zero-order valence-electron chi connectivity index (χ0n) is 23.5. The van der Waals surface area contributed by atoms with Gasteiger partial charge in [-0.1, -0.05) is 83.8 Å². The molecule has 0 saturated heterocycles. The van der Waals surface area contributed by atoms with Gasteiger partial charge in [0.2, 0.25) is 0 Å². The first-order chi connectivity index (χ1) is 18.0. The number of aryl methyl sites for hydroxylation is 1. The van der Waals surface area contributed by atoms with Crippen LogP contribution >= 0.6 is 0 Å². The summed E-state index contributed by atoms with van der Waals surface area (Å²) in [5.74, 6) is 1.90. The van der Waals surface area contributed by atoms with Crippen molar-refractivity contribution >= 4 is 5.97 Å². The number of hydrogen-bond acceptors (Lipinski definition) is 4. The van der Waals surface area contributed by atoms with E-state index in [1.807, 2.05) is 36.7 Å². The Morgan fingerprint density at radius 3 is 2.22 bits per heavy atom. The van der Waals surface area contributed by atoms with Gasteiger partial charge in [-0.05, 0) is 80.7 Å². The molecule has 1 unspecified atom stereocenters. The van der Waals surface area contributed by atoms with Crippen LogP contribution in [0, 0.1) is 11.8 Å². The van der Waals surface area contributed by atoms with Gasteiger partial charge in [0.1, 0.15) is 5.75 Å². The highest BCUT2D eigenvalue weighted by atomic mass is 16.5. The summed E-state index contributed by atoms with van der Waals surface area (Å²) in [7, 11) is 0. The molecule has 1 aromatic carbocycles. The Hall–Kier alpha value is -2.49. The maximum Gasteiger partial charge on any atom is 0.314 e. The molecule has 0 fully saturated rings. The van der Waals surface area contributed by atoms with E-state index in [0.29, 0.717) is 11.6 Å². The van der Waals surface area contributed by atoms with Crippen molar-refractivity contribution in [3.8, 4) is 17.1 Å². The quantitative estimate of drug-likeness (QED) is 0.0989. The molecule has 0 aliphatic heterocycles. The summed E-state index contributed by atoms with van der Waals surface area (Å²) in [5, 5.41) is 0. The maximum absolute atomic E-state index is 12.7. The first-order valence-electron chi connectivity index (χ1n) is 14.9. The minimum Gasteiger partial charge on any atom is -0.426 e. The lowest BCUT2D eigenvalue weighted by Crippen LogP contribution is -2.22. The second kappa shape index (κ2) is 16.4. The number of allylic oxidation sites excluding steroid dienone is 2. The highest BCUT2D eigenvalue weighted by Gasteiger charge is 2.23. The largest absolute Gasteiger partial charge is 0.426 e. The molecule has 4 nitrogen and oxygen atoms in total. The van der Waals surface area contributed by atoms with E-state index < -0.39 is 0 Å². The number of benzene rings is 1. The zero-order valence-corrected chi connectivity index (χ0v) is 23.5. The Kier molecular flexibility index (Phi) is 12.9. The van der Waals surface area contributed by atoms with Gasteiger partial charge < -0.3 is 4.74 Å². The van der Waals surface area contributed by atoms with E-state index in [2.05, 4.69) is 36.8 Å². The van der Waals surface area contributed by atoms with Gasteiger partial charge in [-0.3, -0.25) is 4.79 Å². The molecule has 202 valence electrons. The molecule has 3 rings (SSSR count). The number of rotatable bonds is 16. The predicted octanol–water partition coefficient (Wildman–Crippen LogP) is 9.29. The lowest BCUT2D eigenvalue weighted by atomic mass is 9.87. The van der Waals surface area contributed by atoms with E-state index in [9.17, 15) is 4.79 Å². The molecule has 0 bridgehead atoms. The number of carbonyl (C=O) groups is 1. The smallest absolute Gasteiger partial charge is 0.314 e. The van der Waals surface area contributed by atoms with Crippen molar-refractivity contribution in [2.75, 3.05) is 0 Å². The number of unbranched alkanes of at least 4 members (excludes halogenated alkanes) is 7. The van der Waals surface area contributed by atoms with Crippen LogP contribution in [0.4, 0.5) is 0 Å². The van der Waals surface area contributed by atoms with Gasteiger partial charge in [-0.25, -0.2) is 9.97 Å². The summed E-state index contributed by atoms with van der Waals surface area (Å²) < 4.78 is 5.69. The summed E-state index contributed by atoms with van der Waals surface area (Å²) in [6.45, 7) is 6.81. The van der Waals surface area contributed by atoms with E-state index in [4.69, 9.17) is 4.74 Å². The minimum absolute atomic E-state index is 0.0366. The third-order valence-electron chi connectivity index (χ3n) is 7.47. The molecular weight excluding hydrogens is 456 g/mol. The van der Waals surface area contributed by atoms with E-state index in [-0.39, 0.29) is 11.9 Å². The van der Waals surface area contributed by atoms with Crippen LogP contribution in [0.2, 0.25) is 0 Å². The number of aromatic nitrogens is 2. The van der Waals surface area contributed by atoms with Crippen molar-refractivity contribution in [3.05, 3.63) is 53.9 Å². The maximum atomic E-state index is 12.7. The molecule has 1 aromatic heterocycles. The zero-order chi connectivity index (χ0) is 26.3. The number of carbonyl (C=O) groups excluding carboxylic acids is 1. The van der Waals surface area contributed by atoms with Gasteiger partial charge in [0.15, 0.2) is 5.82 Å². The molecule has 1 heterocycles. The second-order valence-electron chi connectivity index (χ2n) is 11.2. The highest BCUT2D eigenvalue weighted by Crippen LogP contribution is 2.29. The molecule has 4 heteroatoms. The number of esters is 1. The molecule has 0 N–H and O–H groups in total. The summed E-state index contributed by atoms with van der Waals surface area (Å²) in [5.41, 5.74) is 3.65. The average Bonchev–Trinajstić information content (AvgIpc) is 2.91. The van der Waals surface area contributed by atoms with Crippen molar-refractivity contribution < 1.29 is 9.53 Å². The van der Waals surface area contributed by atoms with Crippen molar-refractivity contribution in [1.29, 1.82) is 0 Å². The topological polar surface area (TPSA) is 52.1 Å². The second-order valence-corrected chi connectivity index (χ2v) is 11.2. The van der Waals surface area contributed by atoms with Crippen LogP contribution in [-0.2, 0) is 11.2 Å². The molecule has 1 atom stereocenters. The van der Waals surface area contributed by atoms with Crippen LogP contribution in [-0.4, -0.2) is 15.9 Å². The summed E-state index contributed by atoms with van der Waals surface area (Å²) in [4.78, 5) is 21.8. The van der Waals surface area contributed by atoms with Crippen molar-refractivity contribution in [1.82, 2.24) is 9.97 Å². The molecule has 0 spiro atoms. The summed E-state index contributed by atoms with van der Waals surface area (Å²) in [6, 6.07) is 7.57. The first kappa shape index (κ1) is 29.1. The molecule has 0 saturated carbocycles. The van der Waals surface area contributed by atoms with Crippen LogP contribution in [0.1, 0.15) is 116 Å². The van der Waals surface area contributed by atoms with Gasteiger partial charge >= 0.3 is 5.97 Å². The first-order valence-corrected chi connectivity index (χ1v) is 14.9. The lowest BCUT2D eigenvalue weighted by Gasteiger charge is -2.21.